The number of amides is 1. The average molecular weight is 477 g/mol. The van der Waals surface area contributed by atoms with Crippen LogP contribution < -0.4 is 5.32 Å². The van der Waals surface area contributed by atoms with Crippen LogP contribution in [0.25, 0.3) is 0 Å². The molecule has 1 aliphatic carbocycles. The topological polar surface area (TPSA) is 92.8 Å². The van der Waals surface area contributed by atoms with Crippen LogP contribution in [0.5, 0.6) is 0 Å². The number of carbonyl (C=O) groups excluding carboxylic acids is 2. The molecule has 172 valence electrons. The van der Waals surface area contributed by atoms with Gasteiger partial charge in [-0.3, -0.25) is 4.79 Å². The molecule has 9 heteroatoms. The first-order valence-corrected chi connectivity index (χ1v) is 13.4. The van der Waals surface area contributed by atoms with E-state index in [1.54, 1.807) is 6.92 Å². The van der Waals surface area contributed by atoms with Crippen LogP contribution in [0, 0.1) is 0 Å². The average Bonchev–Trinajstić information content (AvgIpc) is 3.23. The van der Waals surface area contributed by atoms with E-state index < -0.39 is 16.0 Å². The molecular formula is C23H28N2O5S2. The molecule has 0 atom stereocenters. The van der Waals surface area contributed by atoms with Crippen LogP contribution >= 0.6 is 11.3 Å². The highest BCUT2D eigenvalue weighted by Gasteiger charge is 2.29. The van der Waals surface area contributed by atoms with Gasteiger partial charge in [0, 0.05) is 23.5 Å². The normalized spacial score (nSPS) is 16.9. The number of carbonyl (C=O) groups is 2. The van der Waals surface area contributed by atoms with Crippen LogP contribution in [-0.4, -0.2) is 44.3 Å². The monoisotopic (exact) mass is 476 g/mol. The summed E-state index contributed by atoms with van der Waals surface area (Å²) in [6, 6.07) is 6.00. The molecule has 1 aromatic heterocycles. The second-order valence-electron chi connectivity index (χ2n) is 8.08. The van der Waals surface area contributed by atoms with E-state index in [4.69, 9.17) is 4.74 Å². The number of rotatable bonds is 6. The van der Waals surface area contributed by atoms with Gasteiger partial charge in [0.2, 0.25) is 10.0 Å². The van der Waals surface area contributed by atoms with E-state index in [-0.39, 0.29) is 17.4 Å². The van der Waals surface area contributed by atoms with E-state index in [1.165, 1.54) is 39.9 Å². The van der Waals surface area contributed by atoms with E-state index in [2.05, 4.69) is 5.32 Å². The number of ether oxygens (including phenoxy) is 1. The Labute approximate surface area is 192 Å². The number of fused-ring (bicyclic) bond motifs is 1. The Morgan fingerprint density at radius 3 is 2.38 bits per heavy atom. The maximum Gasteiger partial charge on any atom is 0.341 e. The third-order valence-corrected chi connectivity index (χ3v) is 9.07. The van der Waals surface area contributed by atoms with Gasteiger partial charge in [-0.1, -0.05) is 12.8 Å². The van der Waals surface area contributed by atoms with Gasteiger partial charge in [0.25, 0.3) is 5.91 Å². The van der Waals surface area contributed by atoms with Crippen LogP contribution in [0.15, 0.2) is 29.2 Å². The smallest absolute Gasteiger partial charge is 0.341 e. The van der Waals surface area contributed by atoms with Crippen molar-refractivity contribution in [2.24, 2.45) is 0 Å². The first-order valence-electron chi connectivity index (χ1n) is 11.1. The molecule has 1 N–H and O–H groups in total. The Morgan fingerprint density at radius 1 is 1.03 bits per heavy atom. The summed E-state index contributed by atoms with van der Waals surface area (Å²) in [5, 5.41) is 3.34. The summed E-state index contributed by atoms with van der Waals surface area (Å²) in [5.41, 5.74) is 1.77. The number of hydrogen-bond acceptors (Lipinski definition) is 6. The van der Waals surface area contributed by atoms with Gasteiger partial charge in [-0.05, 0) is 68.9 Å². The molecule has 2 heterocycles. The fraction of sp³-hybridized carbons (Fsp3) is 0.478. The lowest BCUT2D eigenvalue weighted by molar-refractivity contribution is 0.0527. The van der Waals surface area contributed by atoms with Crippen LogP contribution in [0.1, 0.15) is 70.2 Å². The van der Waals surface area contributed by atoms with Crippen molar-refractivity contribution in [3.8, 4) is 0 Å². The molecule has 1 fully saturated rings. The van der Waals surface area contributed by atoms with Crippen molar-refractivity contribution >= 4 is 38.2 Å². The highest BCUT2D eigenvalue weighted by molar-refractivity contribution is 7.89. The van der Waals surface area contributed by atoms with Crippen molar-refractivity contribution in [3.05, 3.63) is 45.8 Å². The second-order valence-corrected chi connectivity index (χ2v) is 11.1. The fourth-order valence-corrected chi connectivity index (χ4v) is 7.09. The van der Waals surface area contributed by atoms with Crippen LogP contribution in [0.3, 0.4) is 0 Å². The summed E-state index contributed by atoms with van der Waals surface area (Å²) in [6.07, 6.45) is 6.52. The van der Waals surface area contributed by atoms with Gasteiger partial charge in [0.05, 0.1) is 17.1 Å². The quantitative estimate of drug-likeness (QED) is 0.630. The molecule has 32 heavy (non-hydrogen) atoms. The third-order valence-electron chi connectivity index (χ3n) is 5.95. The van der Waals surface area contributed by atoms with Gasteiger partial charge < -0.3 is 10.1 Å². The Bertz CT molecular complexity index is 1100. The Balaban J connectivity index is 1.52. The number of nitrogens with zero attached hydrogens (tertiary/aromatic N) is 1. The van der Waals surface area contributed by atoms with E-state index in [0.29, 0.717) is 29.2 Å². The minimum absolute atomic E-state index is 0.193. The summed E-state index contributed by atoms with van der Waals surface area (Å²) in [4.78, 5) is 26.7. The van der Waals surface area contributed by atoms with Crippen molar-refractivity contribution in [1.29, 1.82) is 0 Å². The summed E-state index contributed by atoms with van der Waals surface area (Å²) in [5.74, 6) is -0.796. The first kappa shape index (κ1) is 22.9. The number of sulfonamides is 1. The zero-order valence-electron chi connectivity index (χ0n) is 18.2. The molecular weight excluding hydrogens is 448 g/mol. The Hall–Kier alpha value is -2.23. The predicted octanol–water partition coefficient (Wildman–Crippen LogP) is 4.23. The Kier molecular flexibility index (Phi) is 6.97. The van der Waals surface area contributed by atoms with Gasteiger partial charge >= 0.3 is 5.97 Å². The van der Waals surface area contributed by atoms with Gasteiger partial charge in [-0.25, -0.2) is 13.2 Å². The second kappa shape index (κ2) is 9.72. The Morgan fingerprint density at radius 2 is 1.72 bits per heavy atom. The van der Waals surface area contributed by atoms with E-state index in [1.807, 2.05) is 0 Å². The van der Waals surface area contributed by atoms with E-state index >= 15 is 0 Å². The lowest BCUT2D eigenvalue weighted by Gasteiger charge is -2.20. The maximum atomic E-state index is 12.9. The summed E-state index contributed by atoms with van der Waals surface area (Å²) >= 11 is 1.42. The minimum Gasteiger partial charge on any atom is -0.462 e. The lowest BCUT2D eigenvalue weighted by Crippen LogP contribution is -2.31. The number of hydrogen-bond donors (Lipinski definition) is 1. The highest BCUT2D eigenvalue weighted by atomic mass is 32.2. The van der Waals surface area contributed by atoms with E-state index in [9.17, 15) is 18.0 Å². The summed E-state index contributed by atoms with van der Waals surface area (Å²) in [6.45, 7) is 3.09. The van der Waals surface area contributed by atoms with E-state index in [0.717, 1.165) is 55.4 Å². The van der Waals surface area contributed by atoms with Crippen molar-refractivity contribution in [2.45, 2.75) is 56.8 Å². The molecule has 1 amide bonds. The minimum atomic E-state index is -3.57. The zero-order valence-corrected chi connectivity index (χ0v) is 19.8. The van der Waals surface area contributed by atoms with Gasteiger partial charge in [-0.15, -0.1) is 11.3 Å². The lowest BCUT2D eigenvalue weighted by atomic mass is 10.1. The van der Waals surface area contributed by atoms with Gasteiger partial charge in [-0.2, -0.15) is 4.31 Å². The van der Waals surface area contributed by atoms with Crippen LogP contribution in [0.2, 0.25) is 0 Å². The maximum absolute atomic E-state index is 12.9. The molecule has 1 saturated heterocycles. The highest BCUT2D eigenvalue weighted by Crippen LogP contribution is 2.39. The molecule has 0 bridgehead atoms. The molecule has 2 aliphatic rings. The van der Waals surface area contributed by atoms with Crippen molar-refractivity contribution in [2.75, 3.05) is 25.0 Å². The third kappa shape index (κ3) is 4.60. The fourth-order valence-electron chi connectivity index (χ4n) is 4.30. The van der Waals surface area contributed by atoms with Crippen molar-refractivity contribution in [3.63, 3.8) is 0 Å². The van der Waals surface area contributed by atoms with Crippen molar-refractivity contribution < 1.29 is 22.7 Å². The van der Waals surface area contributed by atoms with Gasteiger partial charge in [0.1, 0.15) is 5.00 Å². The van der Waals surface area contributed by atoms with Gasteiger partial charge in [0.15, 0.2) is 0 Å². The molecule has 1 aromatic carbocycles. The zero-order chi connectivity index (χ0) is 22.7. The van der Waals surface area contributed by atoms with Crippen LogP contribution in [-0.2, 0) is 27.6 Å². The molecule has 0 spiro atoms. The number of nitrogens with one attached hydrogen (secondary N) is 1. The van der Waals surface area contributed by atoms with Crippen molar-refractivity contribution in [1.82, 2.24) is 4.31 Å². The SMILES string of the molecule is CCOC(=O)c1c(NC(=O)c2ccc(S(=O)(=O)N3CCCCCC3)cc2)sc2c1CCC2. The number of benzene rings is 1. The molecule has 0 radical (unpaired) electrons. The predicted molar refractivity (Wildman–Crippen MR) is 124 cm³/mol. The summed E-state index contributed by atoms with van der Waals surface area (Å²) < 4.78 is 32.6. The number of thiophene rings is 1. The first-order chi connectivity index (χ1) is 15.4. The number of anilines is 1. The number of aryl methyl sites for hydroxylation is 1. The number of esters is 1. The molecule has 0 saturated carbocycles. The molecule has 2 aromatic rings. The molecule has 1 aliphatic heterocycles. The van der Waals surface area contributed by atoms with Crippen LogP contribution in [0.4, 0.5) is 5.00 Å². The molecule has 4 rings (SSSR count). The standard InChI is InChI=1S/C23H28N2O5S2/c1-2-30-23(27)20-18-8-7-9-19(18)31-22(20)24-21(26)16-10-12-17(13-11-16)32(28,29)25-14-5-3-4-6-15-25/h10-13H,2-9,14-15H2,1H3,(H,24,26). The summed E-state index contributed by atoms with van der Waals surface area (Å²) in [7, 11) is -3.57. The molecule has 0 unspecified atom stereocenters. The largest absolute Gasteiger partial charge is 0.462 e. The molecule has 7 nitrogen and oxygen atoms in total.